The number of aliphatic hydroxyl groups excluding tert-OH is 1. The number of methoxy groups -OCH3 is 2. The SMILES string of the molecule is CCO[C@@H]1OC(C(=O)N(C)CC(OC)OC)=C[C@H](c2coc3ccccc23)[C@H]1CCOCCOCCO. The highest BCUT2D eigenvalue weighted by Crippen LogP contribution is 2.42. The molecule has 0 unspecified atom stereocenters. The summed E-state index contributed by atoms with van der Waals surface area (Å²) < 4.78 is 39.5. The lowest BCUT2D eigenvalue weighted by Crippen LogP contribution is -2.42. The number of furan rings is 1. The van der Waals surface area contributed by atoms with Gasteiger partial charge in [0.25, 0.3) is 5.91 Å². The molecule has 206 valence electrons. The molecule has 0 radical (unpaired) electrons. The van der Waals surface area contributed by atoms with Crippen LogP contribution in [0.25, 0.3) is 11.0 Å². The van der Waals surface area contributed by atoms with Crippen molar-refractivity contribution in [3.05, 3.63) is 47.9 Å². The Kier molecular flexibility index (Phi) is 11.8. The lowest BCUT2D eigenvalue weighted by Gasteiger charge is -2.37. The molecule has 2 aromatic rings. The monoisotopic (exact) mass is 521 g/mol. The molecule has 0 saturated heterocycles. The van der Waals surface area contributed by atoms with Crippen LogP contribution in [0.4, 0.5) is 0 Å². The highest BCUT2D eigenvalue weighted by atomic mass is 16.7. The van der Waals surface area contributed by atoms with Gasteiger partial charge in [0.2, 0.25) is 6.29 Å². The molecule has 10 heteroatoms. The number of amides is 1. The van der Waals surface area contributed by atoms with E-state index in [0.717, 1.165) is 16.5 Å². The van der Waals surface area contributed by atoms with Crippen LogP contribution in [0, 0.1) is 5.92 Å². The van der Waals surface area contributed by atoms with Crippen molar-refractivity contribution in [2.24, 2.45) is 5.92 Å². The van der Waals surface area contributed by atoms with Crippen LogP contribution in [0.2, 0.25) is 0 Å². The van der Waals surface area contributed by atoms with E-state index in [1.54, 1.807) is 13.3 Å². The average Bonchev–Trinajstić information content (AvgIpc) is 3.35. The maximum Gasteiger partial charge on any atom is 0.288 e. The minimum atomic E-state index is -0.657. The van der Waals surface area contributed by atoms with Gasteiger partial charge >= 0.3 is 0 Å². The van der Waals surface area contributed by atoms with Gasteiger partial charge in [-0.15, -0.1) is 0 Å². The average molecular weight is 522 g/mol. The molecule has 10 nitrogen and oxygen atoms in total. The molecule has 1 aromatic carbocycles. The molecule has 0 fully saturated rings. The van der Waals surface area contributed by atoms with Crippen LogP contribution in [-0.2, 0) is 33.2 Å². The molecule has 3 atom stereocenters. The van der Waals surface area contributed by atoms with E-state index in [2.05, 4.69) is 0 Å². The van der Waals surface area contributed by atoms with Crippen molar-refractivity contribution in [2.45, 2.75) is 31.8 Å². The van der Waals surface area contributed by atoms with Crippen LogP contribution in [0.5, 0.6) is 0 Å². The molecule has 0 saturated carbocycles. The van der Waals surface area contributed by atoms with E-state index in [4.69, 9.17) is 37.9 Å². The van der Waals surface area contributed by atoms with Gasteiger partial charge in [-0.25, -0.2) is 0 Å². The van der Waals surface area contributed by atoms with Crippen LogP contribution >= 0.6 is 0 Å². The molecule has 0 bridgehead atoms. The number of para-hydroxylation sites is 1. The number of carbonyl (C=O) groups is 1. The molecule has 1 amide bonds. The molecule has 1 aliphatic rings. The van der Waals surface area contributed by atoms with Crippen LogP contribution in [0.1, 0.15) is 24.8 Å². The number of nitrogens with zero attached hydrogens (tertiary/aromatic N) is 1. The number of hydrogen-bond acceptors (Lipinski definition) is 9. The summed E-state index contributed by atoms with van der Waals surface area (Å²) in [5, 5.41) is 9.81. The number of aliphatic hydroxyl groups is 1. The second kappa shape index (κ2) is 15.1. The number of carbonyl (C=O) groups excluding carboxylic acids is 1. The Bertz CT molecular complexity index is 987. The maximum atomic E-state index is 13.4. The van der Waals surface area contributed by atoms with Crippen LogP contribution < -0.4 is 0 Å². The summed E-state index contributed by atoms with van der Waals surface area (Å²) in [6, 6.07) is 7.81. The minimum Gasteiger partial charge on any atom is -0.464 e. The van der Waals surface area contributed by atoms with E-state index >= 15 is 0 Å². The van der Waals surface area contributed by atoms with E-state index in [0.29, 0.717) is 32.8 Å². The highest BCUT2D eigenvalue weighted by Gasteiger charge is 2.40. The fraction of sp³-hybridized carbons (Fsp3) is 0.593. The fourth-order valence-electron chi connectivity index (χ4n) is 4.39. The van der Waals surface area contributed by atoms with Gasteiger partial charge < -0.3 is 42.8 Å². The topological polar surface area (TPSA) is 109 Å². The van der Waals surface area contributed by atoms with E-state index in [1.165, 1.54) is 19.1 Å². The normalized spacial score (nSPS) is 19.7. The maximum absolute atomic E-state index is 13.4. The lowest BCUT2D eigenvalue weighted by molar-refractivity contribution is -0.174. The molecule has 37 heavy (non-hydrogen) atoms. The van der Waals surface area contributed by atoms with Crippen molar-refractivity contribution in [2.75, 3.05) is 67.5 Å². The zero-order valence-corrected chi connectivity index (χ0v) is 22.1. The third kappa shape index (κ3) is 7.76. The number of likely N-dealkylation sites (N-methyl/N-ethyl adjacent to an activating group) is 1. The van der Waals surface area contributed by atoms with Gasteiger partial charge in [-0.1, -0.05) is 18.2 Å². The van der Waals surface area contributed by atoms with Gasteiger partial charge in [-0.2, -0.15) is 0 Å². The quantitative estimate of drug-likeness (QED) is 0.263. The zero-order valence-electron chi connectivity index (χ0n) is 22.1. The second-order valence-electron chi connectivity index (χ2n) is 8.67. The summed E-state index contributed by atoms with van der Waals surface area (Å²) in [5.41, 5.74) is 1.73. The predicted octanol–water partition coefficient (Wildman–Crippen LogP) is 2.90. The van der Waals surface area contributed by atoms with E-state index < -0.39 is 12.6 Å². The largest absolute Gasteiger partial charge is 0.464 e. The Labute approximate surface area is 218 Å². The summed E-state index contributed by atoms with van der Waals surface area (Å²) in [7, 11) is 4.73. The Balaban J connectivity index is 1.86. The summed E-state index contributed by atoms with van der Waals surface area (Å²) >= 11 is 0. The molecule has 1 N–H and O–H groups in total. The van der Waals surface area contributed by atoms with Gasteiger partial charge in [0.1, 0.15) is 5.58 Å². The number of rotatable bonds is 16. The first-order valence-corrected chi connectivity index (χ1v) is 12.6. The van der Waals surface area contributed by atoms with Crippen LogP contribution in [0.15, 0.2) is 46.8 Å². The Morgan fingerprint density at radius 2 is 1.84 bits per heavy atom. The van der Waals surface area contributed by atoms with Crippen molar-refractivity contribution in [3.63, 3.8) is 0 Å². The summed E-state index contributed by atoms with van der Waals surface area (Å²) in [6.45, 7) is 4.09. The molecule has 1 aromatic heterocycles. The number of ether oxygens (including phenoxy) is 6. The minimum absolute atomic E-state index is 0.0179. The van der Waals surface area contributed by atoms with Crippen LogP contribution in [0.3, 0.4) is 0 Å². The van der Waals surface area contributed by atoms with Gasteiger partial charge in [-0.3, -0.25) is 4.79 Å². The molecule has 2 heterocycles. The van der Waals surface area contributed by atoms with E-state index in [1.807, 2.05) is 37.3 Å². The van der Waals surface area contributed by atoms with Gasteiger partial charge in [0.05, 0.1) is 39.2 Å². The van der Waals surface area contributed by atoms with Crippen molar-refractivity contribution < 1.29 is 42.7 Å². The number of fused-ring (bicyclic) bond motifs is 1. The van der Waals surface area contributed by atoms with Crippen molar-refractivity contribution in [1.29, 1.82) is 0 Å². The molecular formula is C27H39NO9. The van der Waals surface area contributed by atoms with Crippen molar-refractivity contribution in [1.82, 2.24) is 4.90 Å². The first-order chi connectivity index (χ1) is 18.0. The Morgan fingerprint density at radius 1 is 1.11 bits per heavy atom. The smallest absolute Gasteiger partial charge is 0.288 e. The Hall–Kier alpha value is -2.47. The number of benzene rings is 1. The standard InChI is InChI=1S/C27H39NO9/c1-5-35-27-20(10-12-33-14-15-34-13-11-29)21(22-18-36-23-9-7-6-8-19(22)23)16-24(37-27)26(30)28(2)17-25(31-3)32-4/h6-9,16,18,20-21,25,27,29H,5,10-15,17H2,1-4H3/t20-,21+,27-/m1/s1. The first kappa shape index (κ1) is 29.1. The number of allylic oxidation sites excluding steroid dienone is 1. The molecular weight excluding hydrogens is 482 g/mol. The zero-order chi connectivity index (χ0) is 26.6. The third-order valence-corrected chi connectivity index (χ3v) is 6.30. The van der Waals surface area contributed by atoms with Crippen molar-refractivity contribution in [3.8, 4) is 0 Å². The summed E-state index contributed by atoms with van der Waals surface area (Å²) in [5.74, 6) is -0.433. The second-order valence-corrected chi connectivity index (χ2v) is 8.67. The molecule has 0 aliphatic carbocycles. The summed E-state index contributed by atoms with van der Waals surface area (Å²) in [6.07, 6.45) is 3.01. The number of hydrogen-bond donors (Lipinski definition) is 1. The third-order valence-electron chi connectivity index (χ3n) is 6.30. The molecule has 3 rings (SSSR count). The summed E-state index contributed by atoms with van der Waals surface area (Å²) in [4.78, 5) is 14.9. The van der Waals surface area contributed by atoms with Gasteiger partial charge in [-0.05, 0) is 25.5 Å². The molecule has 1 aliphatic heterocycles. The van der Waals surface area contributed by atoms with Crippen LogP contribution in [-0.4, -0.2) is 95.9 Å². The predicted molar refractivity (Wildman–Crippen MR) is 136 cm³/mol. The first-order valence-electron chi connectivity index (χ1n) is 12.6. The van der Waals surface area contributed by atoms with E-state index in [9.17, 15) is 4.79 Å². The van der Waals surface area contributed by atoms with Gasteiger partial charge in [0.15, 0.2) is 12.0 Å². The van der Waals surface area contributed by atoms with Gasteiger partial charge in [0, 0.05) is 57.3 Å². The van der Waals surface area contributed by atoms with E-state index in [-0.39, 0.29) is 43.3 Å². The fourth-order valence-corrected chi connectivity index (χ4v) is 4.39. The highest BCUT2D eigenvalue weighted by molar-refractivity contribution is 5.92. The molecule has 0 spiro atoms. The van der Waals surface area contributed by atoms with Crippen molar-refractivity contribution >= 4 is 16.9 Å². The Morgan fingerprint density at radius 3 is 2.54 bits per heavy atom. The lowest BCUT2D eigenvalue weighted by atomic mass is 9.81.